The normalized spacial score (nSPS) is 15.5. The maximum atomic E-state index is 12.2. The molecule has 0 heterocycles. The van der Waals surface area contributed by atoms with Gasteiger partial charge >= 0.3 is 6.18 Å². The van der Waals surface area contributed by atoms with Gasteiger partial charge in [-0.3, -0.25) is 9.89 Å². The van der Waals surface area contributed by atoms with Crippen molar-refractivity contribution in [1.82, 2.24) is 15.1 Å². The second kappa shape index (κ2) is 11.3. The zero-order chi connectivity index (χ0) is 16.6. The van der Waals surface area contributed by atoms with Crippen molar-refractivity contribution in [2.24, 2.45) is 10.9 Å². The molecule has 0 unspecified atom stereocenters. The molecule has 0 saturated heterocycles. The van der Waals surface area contributed by atoms with E-state index >= 15 is 0 Å². The molecule has 1 fully saturated rings. The van der Waals surface area contributed by atoms with Gasteiger partial charge in [0, 0.05) is 40.3 Å². The number of ether oxygens (including phenoxy) is 1. The summed E-state index contributed by atoms with van der Waals surface area (Å²) in [5.41, 5.74) is 0. The van der Waals surface area contributed by atoms with E-state index in [1.54, 1.807) is 7.05 Å². The molecule has 0 aromatic heterocycles. The van der Waals surface area contributed by atoms with Crippen molar-refractivity contribution in [3.05, 3.63) is 0 Å². The van der Waals surface area contributed by atoms with Crippen LogP contribution in [-0.2, 0) is 4.74 Å². The average Bonchev–Trinajstić information content (AvgIpc) is 3.21. The molecule has 0 aromatic carbocycles. The summed E-state index contributed by atoms with van der Waals surface area (Å²) < 4.78 is 42.2. The van der Waals surface area contributed by atoms with E-state index in [0.29, 0.717) is 32.2 Å². The van der Waals surface area contributed by atoms with E-state index in [9.17, 15) is 13.2 Å². The Bertz CT molecular complexity index is 351. The fourth-order valence-electron chi connectivity index (χ4n) is 1.97. The monoisotopic (exact) mass is 452 g/mol. The molecule has 0 aromatic rings. The summed E-state index contributed by atoms with van der Waals surface area (Å²) in [4.78, 5) is 7.27. The molecule has 9 heteroatoms. The van der Waals surface area contributed by atoms with Gasteiger partial charge in [0.2, 0.25) is 0 Å². The Morgan fingerprint density at radius 1 is 1.26 bits per heavy atom. The van der Waals surface area contributed by atoms with E-state index in [-0.39, 0.29) is 24.0 Å². The van der Waals surface area contributed by atoms with Gasteiger partial charge < -0.3 is 15.0 Å². The van der Waals surface area contributed by atoms with E-state index < -0.39 is 12.7 Å². The van der Waals surface area contributed by atoms with Crippen molar-refractivity contribution in [1.29, 1.82) is 0 Å². The van der Waals surface area contributed by atoms with Crippen molar-refractivity contribution in [3.63, 3.8) is 0 Å². The van der Waals surface area contributed by atoms with Crippen LogP contribution in [0.25, 0.3) is 0 Å². The minimum Gasteiger partial charge on any atom is -0.379 e. The van der Waals surface area contributed by atoms with E-state index in [1.165, 1.54) is 24.8 Å². The van der Waals surface area contributed by atoms with Crippen molar-refractivity contribution in [3.8, 4) is 0 Å². The quantitative estimate of drug-likeness (QED) is 0.252. The number of aliphatic imine (C=N–C) groups is 1. The van der Waals surface area contributed by atoms with Crippen LogP contribution in [0.4, 0.5) is 13.2 Å². The van der Waals surface area contributed by atoms with E-state index in [0.717, 1.165) is 12.5 Å². The molecule has 1 saturated carbocycles. The number of nitrogens with one attached hydrogen (secondary N) is 1. The summed E-state index contributed by atoms with van der Waals surface area (Å²) in [6.45, 7) is 1.95. The van der Waals surface area contributed by atoms with Crippen molar-refractivity contribution < 1.29 is 17.9 Å². The lowest BCUT2D eigenvalue weighted by molar-refractivity contribution is -0.142. The first kappa shape index (κ1) is 22.7. The van der Waals surface area contributed by atoms with Crippen LogP contribution in [0.15, 0.2) is 4.99 Å². The first-order valence-electron chi connectivity index (χ1n) is 7.56. The highest BCUT2D eigenvalue weighted by atomic mass is 127. The molecular formula is C14H28F3IN4O. The number of hydrogen-bond donors (Lipinski definition) is 1. The largest absolute Gasteiger partial charge is 0.401 e. The third-order valence-electron chi connectivity index (χ3n) is 3.42. The Morgan fingerprint density at radius 3 is 2.43 bits per heavy atom. The molecule has 0 bridgehead atoms. The van der Waals surface area contributed by atoms with Gasteiger partial charge in [-0.1, -0.05) is 0 Å². The summed E-state index contributed by atoms with van der Waals surface area (Å²) in [5, 5.41) is 3.06. The molecule has 138 valence electrons. The number of alkyl halides is 3. The predicted molar refractivity (Wildman–Crippen MR) is 96.5 cm³/mol. The van der Waals surface area contributed by atoms with Crippen LogP contribution in [0, 0.1) is 5.92 Å². The van der Waals surface area contributed by atoms with Gasteiger partial charge in [-0.15, -0.1) is 24.0 Å². The summed E-state index contributed by atoms with van der Waals surface area (Å²) in [7, 11) is 4.99. The SMILES string of the molecule is CN=C(NCCN(C)CC(F)(F)F)N(C)CCOCC1CC1.I. The molecule has 0 atom stereocenters. The lowest BCUT2D eigenvalue weighted by atomic mass is 10.4. The topological polar surface area (TPSA) is 40.1 Å². The fraction of sp³-hybridized carbons (Fsp3) is 0.929. The Labute approximate surface area is 153 Å². The molecule has 1 N–H and O–H groups in total. The summed E-state index contributed by atoms with van der Waals surface area (Å²) in [5.74, 6) is 1.40. The van der Waals surface area contributed by atoms with Gasteiger partial charge in [0.05, 0.1) is 13.2 Å². The number of hydrogen-bond acceptors (Lipinski definition) is 3. The second-order valence-corrected chi connectivity index (χ2v) is 5.77. The molecule has 1 rings (SSSR count). The van der Waals surface area contributed by atoms with Crippen LogP contribution in [0.3, 0.4) is 0 Å². The molecule has 1 aliphatic rings. The van der Waals surface area contributed by atoms with Crippen LogP contribution in [0.2, 0.25) is 0 Å². The lowest BCUT2D eigenvalue weighted by Gasteiger charge is -2.24. The Balaban J connectivity index is 0.00000484. The van der Waals surface area contributed by atoms with Gasteiger partial charge in [0.25, 0.3) is 0 Å². The number of guanidine groups is 1. The highest BCUT2D eigenvalue weighted by Crippen LogP contribution is 2.28. The molecule has 5 nitrogen and oxygen atoms in total. The molecule has 0 spiro atoms. The lowest BCUT2D eigenvalue weighted by Crippen LogP contribution is -2.44. The van der Waals surface area contributed by atoms with Gasteiger partial charge in [0.15, 0.2) is 5.96 Å². The molecule has 0 aliphatic heterocycles. The average molecular weight is 452 g/mol. The third kappa shape index (κ3) is 11.8. The molecule has 1 aliphatic carbocycles. The molecule has 0 amide bonds. The van der Waals surface area contributed by atoms with Gasteiger partial charge in [0.1, 0.15) is 0 Å². The van der Waals surface area contributed by atoms with Gasteiger partial charge in [-0.25, -0.2) is 0 Å². The van der Waals surface area contributed by atoms with Crippen LogP contribution < -0.4 is 5.32 Å². The summed E-state index contributed by atoms with van der Waals surface area (Å²) >= 11 is 0. The van der Waals surface area contributed by atoms with Crippen molar-refractivity contribution >= 4 is 29.9 Å². The van der Waals surface area contributed by atoms with Crippen LogP contribution in [-0.4, -0.2) is 82.5 Å². The highest BCUT2D eigenvalue weighted by Gasteiger charge is 2.28. The fourth-order valence-corrected chi connectivity index (χ4v) is 1.97. The predicted octanol–water partition coefficient (Wildman–Crippen LogP) is 2.03. The van der Waals surface area contributed by atoms with Gasteiger partial charge in [-0.2, -0.15) is 13.2 Å². The first-order chi connectivity index (χ1) is 10.3. The Hall–Kier alpha value is -0.290. The number of rotatable bonds is 9. The Morgan fingerprint density at radius 2 is 1.91 bits per heavy atom. The van der Waals surface area contributed by atoms with Crippen LogP contribution in [0.1, 0.15) is 12.8 Å². The zero-order valence-corrected chi connectivity index (χ0v) is 16.4. The number of likely N-dealkylation sites (N-methyl/N-ethyl adjacent to an activating group) is 2. The first-order valence-corrected chi connectivity index (χ1v) is 7.56. The maximum absolute atomic E-state index is 12.2. The second-order valence-electron chi connectivity index (χ2n) is 5.77. The standard InChI is InChI=1S/C14H27F3N4O.HI/c1-18-13(19-6-7-20(2)11-14(15,16)17)21(3)8-9-22-10-12-4-5-12;/h12H,4-11H2,1-3H3,(H,18,19);1H. The van der Waals surface area contributed by atoms with E-state index in [2.05, 4.69) is 10.3 Å². The van der Waals surface area contributed by atoms with E-state index in [1.807, 2.05) is 11.9 Å². The number of nitrogens with zero attached hydrogens (tertiary/aromatic N) is 3. The van der Waals surface area contributed by atoms with Crippen LogP contribution in [0.5, 0.6) is 0 Å². The van der Waals surface area contributed by atoms with Gasteiger partial charge in [-0.05, 0) is 25.8 Å². The molecule has 23 heavy (non-hydrogen) atoms. The summed E-state index contributed by atoms with van der Waals surface area (Å²) in [6, 6.07) is 0. The third-order valence-corrected chi connectivity index (χ3v) is 3.42. The molecular weight excluding hydrogens is 424 g/mol. The Kier molecular flexibility index (Phi) is 11.2. The zero-order valence-electron chi connectivity index (χ0n) is 14.0. The maximum Gasteiger partial charge on any atom is 0.401 e. The minimum atomic E-state index is -4.16. The minimum absolute atomic E-state index is 0. The smallest absolute Gasteiger partial charge is 0.379 e. The number of halogens is 4. The molecule has 0 radical (unpaired) electrons. The van der Waals surface area contributed by atoms with Crippen molar-refractivity contribution in [2.75, 3.05) is 60.5 Å². The van der Waals surface area contributed by atoms with Crippen molar-refractivity contribution in [2.45, 2.75) is 19.0 Å². The van der Waals surface area contributed by atoms with E-state index in [4.69, 9.17) is 4.74 Å². The summed E-state index contributed by atoms with van der Waals surface area (Å²) in [6.07, 6.45) is -1.62. The van der Waals surface area contributed by atoms with Crippen LogP contribution >= 0.6 is 24.0 Å². The highest BCUT2D eigenvalue weighted by molar-refractivity contribution is 14.0.